The van der Waals surface area contributed by atoms with Crippen LogP contribution in [0.2, 0.25) is 0 Å². The second kappa shape index (κ2) is 7.19. The highest BCUT2D eigenvalue weighted by Crippen LogP contribution is 2.34. The Morgan fingerprint density at radius 1 is 1.07 bits per heavy atom. The molecule has 1 aliphatic heterocycles. The van der Waals surface area contributed by atoms with Crippen LogP contribution in [0.1, 0.15) is 30.4 Å². The van der Waals surface area contributed by atoms with Gasteiger partial charge in [0.25, 0.3) is 5.91 Å². The van der Waals surface area contributed by atoms with Gasteiger partial charge in [0, 0.05) is 12.5 Å². The Hall–Kier alpha value is -3.02. The van der Waals surface area contributed by atoms with Crippen molar-refractivity contribution in [3.63, 3.8) is 0 Å². The largest absolute Gasteiger partial charge is 0.326 e. The standard InChI is InChI=1S/C22H21FN2O3/c1-14-2-4-15(5-3-14)13-24(21(27)16-6-7-16)19-12-20(26)25(22(19)28)18-10-8-17(23)9-11-18/h2-5,8-11,16,19H,6-7,12-13H2,1H3. The highest BCUT2D eigenvalue weighted by atomic mass is 19.1. The van der Waals surface area contributed by atoms with Crippen molar-refractivity contribution in [1.82, 2.24) is 4.90 Å². The van der Waals surface area contributed by atoms with Crippen molar-refractivity contribution in [2.75, 3.05) is 4.90 Å². The molecule has 2 aliphatic rings. The van der Waals surface area contributed by atoms with Crippen LogP contribution in [0.25, 0.3) is 0 Å². The quantitative estimate of drug-likeness (QED) is 0.749. The number of carbonyl (C=O) groups is 3. The van der Waals surface area contributed by atoms with Crippen LogP contribution in [0.5, 0.6) is 0 Å². The number of anilines is 1. The first-order valence-electron chi connectivity index (χ1n) is 9.42. The molecule has 0 spiro atoms. The zero-order valence-electron chi connectivity index (χ0n) is 15.6. The summed E-state index contributed by atoms with van der Waals surface area (Å²) in [4.78, 5) is 41.1. The van der Waals surface area contributed by atoms with Gasteiger partial charge in [-0.2, -0.15) is 0 Å². The van der Waals surface area contributed by atoms with Crippen LogP contribution in [0.4, 0.5) is 10.1 Å². The number of amides is 3. The van der Waals surface area contributed by atoms with Crippen LogP contribution < -0.4 is 4.90 Å². The van der Waals surface area contributed by atoms with Crippen LogP contribution in [0.15, 0.2) is 48.5 Å². The molecular formula is C22H21FN2O3. The molecule has 144 valence electrons. The summed E-state index contributed by atoms with van der Waals surface area (Å²) in [7, 11) is 0. The maximum atomic E-state index is 13.2. The van der Waals surface area contributed by atoms with Gasteiger partial charge in [0.15, 0.2) is 0 Å². The van der Waals surface area contributed by atoms with Gasteiger partial charge in [-0.1, -0.05) is 29.8 Å². The minimum Gasteiger partial charge on any atom is -0.326 e. The van der Waals surface area contributed by atoms with Crippen molar-refractivity contribution in [3.05, 3.63) is 65.5 Å². The molecule has 2 aromatic rings. The number of nitrogens with zero attached hydrogens (tertiary/aromatic N) is 2. The summed E-state index contributed by atoms with van der Waals surface area (Å²) in [6, 6.07) is 12.2. The third kappa shape index (κ3) is 3.54. The van der Waals surface area contributed by atoms with Crippen LogP contribution in [-0.4, -0.2) is 28.7 Å². The fraction of sp³-hybridized carbons (Fsp3) is 0.318. The van der Waals surface area contributed by atoms with E-state index in [1.54, 1.807) is 4.90 Å². The molecule has 2 aromatic carbocycles. The Morgan fingerprint density at radius 3 is 2.32 bits per heavy atom. The second-order valence-electron chi connectivity index (χ2n) is 7.49. The van der Waals surface area contributed by atoms with E-state index in [1.807, 2.05) is 31.2 Å². The predicted octanol–water partition coefficient (Wildman–Crippen LogP) is 3.20. The van der Waals surface area contributed by atoms with Crippen molar-refractivity contribution in [2.45, 2.75) is 38.8 Å². The first-order valence-corrected chi connectivity index (χ1v) is 9.42. The minimum atomic E-state index is -0.827. The molecule has 0 aromatic heterocycles. The molecule has 3 amide bonds. The monoisotopic (exact) mass is 380 g/mol. The van der Waals surface area contributed by atoms with Gasteiger partial charge in [-0.15, -0.1) is 0 Å². The van der Waals surface area contributed by atoms with E-state index in [4.69, 9.17) is 0 Å². The highest BCUT2D eigenvalue weighted by molar-refractivity contribution is 6.23. The van der Waals surface area contributed by atoms with Crippen molar-refractivity contribution in [3.8, 4) is 0 Å². The van der Waals surface area contributed by atoms with Crippen molar-refractivity contribution < 1.29 is 18.8 Å². The smallest absolute Gasteiger partial charge is 0.257 e. The average molecular weight is 380 g/mol. The normalized spacial score (nSPS) is 19.2. The van der Waals surface area contributed by atoms with Gasteiger partial charge >= 0.3 is 0 Å². The van der Waals surface area contributed by atoms with E-state index in [0.29, 0.717) is 5.69 Å². The van der Waals surface area contributed by atoms with Gasteiger partial charge in [-0.05, 0) is 49.6 Å². The van der Waals surface area contributed by atoms with E-state index < -0.39 is 17.8 Å². The second-order valence-corrected chi connectivity index (χ2v) is 7.49. The number of benzene rings is 2. The van der Waals surface area contributed by atoms with Gasteiger partial charge < -0.3 is 4.90 Å². The van der Waals surface area contributed by atoms with E-state index in [9.17, 15) is 18.8 Å². The lowest BCUT2D eigenvalue weighted by Crippen LogP contribution is -2.45. The van der Waals surface area contributed by atoms with E-state index in [-0.39, 0.29) is 30.7 Å². The van der Waals surface area contributed by atoms with E-state index in [2.05, 4.69) is 0 Å². The molecule has 1 heterocycles. The molecule has 1 saturated carbocycles. The van der Waals surface area contributed by atoms with Crippen molar-refractivity contribution >= 4 is 23.4 Å². The van der Waals surface area contributed by atoms with Gasteiger partial charge in [0.05, 0.1) is 12.1 Å². The first kappa shape index (κ1) is 18.3. The molecule has 4 rings (SSSR count). The lowest BCUT2D eigenvalue weighted by atomic mass is 10.1. The number of halogens is 1. The maximum Gasteiger partial charge on any atom is 0.257 e. The van der Waals surface area contributed by atoms with Gasteiger partial charge in [-0.3, -0.25) is 14.4 Å². The highest BCUT2D eigenvalue weighted by Gasteiger charge is 2.46. The Kier molecular flexibility index (Phi) is 4.71. The zero-order chi connectivity index (χ0) is 19.8. The molecule has 2 fully saturated rings. The van der Waals surface area contributed by atoms with Crippen molar-refractivity contribution in [2.24, 2.45) is 5.92 Å². The van der Waals surface area contributed by atoms with Crippen LogP contribution >= 0.6 is 0 Å². The van der Waals surface area contributed by atoms with Crippen LogP contribution in [0.3, 0.4) is 0 Å². The fourth-order valence-electron chi connectivity index (χ4n) is 3.52. The molecule has 1 aliphatic carbocycles. The topological polar surface area (TPSA) is 57.7 Å². The molecule has 6 heteroatoms. The molecule has 0 N–H and O–H groups in total. The molecule has 1 atom stereocenters. The Balaban J connectivity index is 1.61. The Morgan fingerprint density at radius 2 is 1.71 bits per heavy atom. The fourth-order valence-corrected chi connectivity index (χ4v) is 3.52. The number of hydrogen-bond donors (Lipinski definition) is 0. The van der Waals surface area contributed by atoms with E-state index in [1.165, 1.54) is 24.3 Å². The SMILES string of the molecule is Cc1ccc(CN(C(=O)C2CC2)C2CC(=O)N(c3ccc(F)cc3)C2=O)cc1. The first-order chi connectivity index (χ1) is 13.4. The summed E-state index contributed by atoms with van der Waals surface area (Å²) >= 11 is 0. The van der Waals surface area contributed by atoms with E-state index >= 15 is 0 Å². The predicted molar refractivity (Wildman–Crippen MR) is 102 cm³/mol. The third-order valence-electron chi connectivity index (χ3n) is 5.27. The summed E-state index contributed by atoms with van der Waals surface area (Å²) < 4.78 is 13.2. The van der Waals surface area contributed by atoms with E-state index in [0.717, 1.165) is 28.9 Å². The molecule has 1 saturated heterocycles. The third-order valence-corrected chi connectivity index (χ3v) is 5.27. The zero-order valence-corrected chi connectivity index (χ0v) is 15.6. The summed E-state index contributed by atoms with van der Waals surface area (Å²) in [5.74, 6) is -1.39. The summed E-state index contributed by atoms with van der Waals surface area (Å²) in [6.45, 7) is 2.27. The lowest BCUT2D eigenvalue weighted by molar-refractivity contribution is -0.140. The summed E-state index contributed by atoms with van der Waals surface area (Å²) in [6.07, 6.45) is 1.58. The Labute approximate surface area is 162 Å². The maximum absolute atomic E-state index is 13.2. The van der Waals surface area contributed by atoms with Gasteiger partial charge in [-0.25, -0.2) is 9.29 Å². The van der Waals surface area contributed by atoms with Gasteiger partial charge in [0.1, 0.15) is 11.9 Å². The number of aryl methyl sites for hydroxylation is 1. The average Bonchev–Trinajstić information content (AvgIpc) is 3.48. The van der Waals surface area contributed by atoms with Crippen LogP contribution in [-0.2, 0) is 20.9 Å². The molecule has 28 heavy (non-hydrogen) atoms. The molecular weight excluding hydrogens is 359 g/mol. The number of imide groups is 1. The number of hydrogen-bond acceptors (Lipinski definition) is 3. The van der Waals surface area contributed by atoms with Gasteiger partial charge in [0.2, 0.25) is 11.8 Å². The number of rotatable bonds is 5. The number of carbonyl (C=O) groups excluding carboxylic acids is 3. The molecule has 5 nitrogen and oxygen atoms in total. The lowest BCUT2D eigenvalue weighted by Gasteiger charge is -2.28. The molecule has 1 unspecified atom stereocenters. The summed E-state index contributed by atoms with van der Waals surface area (Å²) in [5.41, 5.74) is 2.35. The minimum absolute atomic E-state index is 0.0550. The molecule has 0 radical (unpaired) electrons. The van der Waals surface area contributed by atoms with Crippen molar-refractivity contribution in [1.29, 1.82) is 0 Å². The van der Waals surface area contributed by atoms with Crippen LogP contribution in [0, 0.1) is 18.7 Å². The molecule has 0 bridgehead atoms. The summed E-state index contributed by atoms with van der Waals surface area (Å²) in [5, 5.41) is 0. The Bertz CT molecular complexity index is 920.